The summed E-state index contributed by atoms with van der Waals surface area (Å²) in [6.45, 7) is 8.74. The highest BCUT2D eigenvalue weighted by molar-refractivity contribution is 5.99. The van der Waals surface area contributed by atoms with Gasteiger partial charge in [-0.2, -0.15) is 0 Å². The van der Waals surface area contributed by atoms with Gasteiger partial charge < -0.3 is 20.4 Å². The SMILES string of the molecule is CCCCNC(=O)c1cc2ncnc(Nc3ccc(C)cc3OC(C)C)c2[nH]1. The van der Waals surface area contributed by atoms with Crippen molar-refractivity contribution in [3.05, 3.63) is 41.9 Å². The number of amides is 1. The third-order valence-electron chi connectivity index (χ3n) is 4.23. The van der Waals surface area contributed by atoms with E-state index in [-0.39, 0.29) is 12.0 Å². The zero-order valence-corrected chi connectivity index (χ0v) is 16.8. The molecule has 0 saturated carbocycles. The summed E-state index contributed by atoms with van der Waals surface area (Å²) in [4.78, 5) is 24.1. The molecule has 0 atom stereocenters. The van der Waals surface area contributed by atoms with Crippen LogP contribution in [-0.2, 0) is 0 Å². The lowest BCUT2D eigenvalue weighted by Gasteiger charge is -2.16. The van der Waals surface area contributed by atoms with Crippen molar-refractivity contribution in [2.24, 2.45) is 0 Å². The van der Waals surface area contributed by atoms with Crippen LogP contribution in [0.4, 0.5) is 11.5 Å². The summed E-state index contributed by atoms with van der Waals surface area (Å²) in [6, 6.07) is 7.70. The maximum atomic E-state index is 12.3. The number of rotatable bonds is 8. The van der Waals surface area contributed by atoms with Crippen LogP contribution in [-0.4, -0.2) is 33.5 Å². The van der Waals surface area contributed by atoms with Crippen molar-refractivity contribution >= 4 is 28.4 Å². The van der Waals surface area contributed by atoms with Crippen molar-refractivity contribution in [3.63, 3.8) is 0 Å². The smallest absolute Gasteiger partial charge is 0.267 e. The number of carbonyl (C=O) groups is 1. The fourth-order valence-electron chi connectivity index (χ4n) is 2.84. The Labute approximate surface area is 164 Å². The number of ether oxygens (including phenoxy) is 1. The predicted molar refractivity (Wildman–Crippen MR) is 111 cm³/mol. The normalized spacial score (nSPS) is 11.0. The molecule has 0 spiro atoms. The standard InChI is InChI=1S/C21H27N5O2/c1-5-6-9-22-21(27)17-11-16-19(25-17)20(24-12-23-16)26-15-8-7-14(4)10-18(15)28-13(2)3/h7-8,10-13,25H,5-6,9H2,1-4H3,(H,22,27)(H,23,24,26). The fraction of sp³-hybridized carbons (Fsp3) is 0.381. The molecule has 3 rings (SSSR count). The number of aryl methyl sites for hydroxylation is 1. The van der Waals surface area contributed by atoms with E-state index in [4.69, 9.17) is 4.74 Å². The zero-order valence-electron chi connectivity index (χ0n) is 16.8. The van der Waals surface area contributed by atoms with Crippen LogP contribution >= 0.6 is 0 Å². The van der Waals surface area contributed by atoms with Gasteiger partial charge in [0.1, 0.15) is 23.3 Å². The van der Waals surface area contributed by atoms with Crippen LogP contribution in [0.5, 0.6) is 5.75 Å². The number of aromatic nitrogens is 3. The summed E-state index contributed by atoms with van der Waals surface area (Å²) in [5.74, 6) is 1.21. The van der Waals surface area contributed by atoms with Crippen molar-refractivity contribution < 1.29 is 9.53 Å². The molecule has 148 valence electrons. The average molecular weight is 381 g/mol. The van der Waals surface area contributed by atoms with Gasteiger partial charge in [0.15, 0.2) is 5.82 Å². The third-order valence-corrected chi connectivity index (χ3v) is 4.23. The predicted octanol–water partition coefficient (Wildman–Crippen LogP) is 4.33. The monoisotopic (exact) mass is 381 g/mol. The van der Waals surface area contributed by atoms with Crippen LogP contribution in [0, 0.1) is 6.92 Å². The van der Waals surface area contributed by atoms with Gasteiger partial charge in [-0.1, -0.05) is 19.4 Å². The van der Waals surface area contributed by atoms with Crippen LogP contribution in [0.3, 0.4) is 0 Å². The van der Waals surface area contributed by atoms with E-state index in [2.05, 4.69) is 32.5 Å². The highest BCUT2D eigenvalue weighted by Gasteiger charge is 2.15. The molecular weight excluding hydrogens is 354 g/mol. The minimum atomic E-state index is -0.142. The topological polar surface area (TPSA) is 91.9 Å². The van der Waals surface area contributed by atoms with Crippen molar-refractivity contribution in [1.29, 1.82) is 0 Å². The molecular formula is C21H27N5O2. The van der Waals surface area contributed by atoms with Gasteiger partial charge in [-0.25, -0.2) is 9.97 Å². The number of anilines is 2. The molecule has 7 heteroatoms. The molecule has 0 aliphatic carbocycles. The Morgan fingerprint density at radius 2 is 2.07 bits per heavy atom. The summed E-state index contributed by atoms with van der Waals surface area (Å²) in [6.07, 6.45) is 3.51. The minimum Gasteiger partial charge on any atom is -0.489 e. The van der Waals surface area contributed by atoms with E-state index in [0.29, 0.717) is 29.1 Å². The summed E-state index contributed by atoms with van der Waals surface area (Å²) in [5.41, 5.74) is 3.75. The molecule has 0 saturated heterocycles. The van der Waals surface area contributed by atoms with Gasteiger partial charge in [0.25, 0.3) is 5.91 Å². The second-order valence-electron chi connectivity index (χ2n) is 7.07. The number of hydrogen-bond donors (Lipinski definition) is 3. The molecule has 28 heavy (non-hydrogen) atoms. The number of hydrogen-bond acceptors (Lipinski definition) is 5. The number of carbonyl (C=O) groups excluding carboxylic acids is 1. The Hall–Kier alpha value is -3.09. The van der Waals surface area contributed by atoms with Gasteiger partial charge in [-0.15, -0.1) is 0 Å². The minimum absolute atomic E-state index is 0.0525. The van der Waals surface area contributed by atoms with E-state index in [1.807, 2.05) is 39.0 Å². The highest BCUT2D eigenvalue weighted by atomic mass is 16.5. The molecule has 0 aliphatic rings. The molecule has 1 amide bonds. The summed E-state index contributed by atoms with van der Waals surface area (Å²) in [5, 5.41) is 6.22. The Balaban J connectivity index is 1.89. The number of fused-ring (bicyclic) bond motifs is 1. The summed E-state index contributed by atoms with van der Waals surface area (Å²) in [7, 11) is 0. The first-order valence-electron chi connectivity index (χ1n) is 9.64. The first-order valence-corrected chi connectivity index (χ1v) is 9.64. The van der Waals surface area contributed by atoms with E-state index in [9.17, 15) is 4.79 Å². The number of nitrogens with one attached hydrogen (secondary N) is 3. The third kappa shape index (κ3) is 4.60. The largest absolute Gasteiger partial charge is 0.489 e. The maximum Gasteiger partial charge on any atom is 0.267 e. The van der Waals surface area contributed by atoms with E-state index in [1.54, 1.807) is 6.07 Å². The molecule has 0 radical (unpaired) electrons. The zero-order chi connectivity index (χ0) is 20.1. The van der Waals surface area contributed by atoms with Crippen molar-refractivity contribution in [3.8, 4) is 5.75 Å². The molecule has 0 bridgehead atoms. The molecule has 2 aromatic heterocycles. The van der Waals surface area contributed by atoms with E-state index in [1.165, 1.54) is 6.33 Å². The first kappa shape index (κ1) is 19.7. The van der Waals surface area contributed by atoms with Crippen LogP contribution in [0.25, 0.3) is 11.0 Å². The molecule has 3 aromatic rings. The van der Waals surface area contributed by atoms with Crippen LogP contribution in [0.2, 0.25) is 0 Å². The average Bonchev–Trinajstić information content (AvgIpc) is 3.09. The Morgan fingerprint density at radius 1 is 1.25 bits per heavy atom. The summed E-state index contributed by atoms with van der Waals surface area (Å²) >= 11 is 0. The molecule has 2 heterocycles. The number of benzene rings is 1. The summed E-state index contributed by atoms with van der Waals surface area (Å²) < 4.78 is 5.93. The van der Waals surface area contributed by atoms with Crippen LogP contribution in [0.15, 0.2) is 30.6 Å². The molecule has 0 unspecified atom stereocenters. The lowest BCUT2D eigenvalue weighted by Crippen LogP contribution is -2.24. The number of nitrogens with zero attached hydrogens (tertiary/aromatic N) is 2. The first-order chi connectivity index (χ1) is 13.5. The highest BCUT2D eigenvalue weighted by Crippen LogP contribution is 2.31. The van der Waals surface area contributed by atoms with Crippen molar-refractivity contribution in [2.45, 2.75) is 46.6 Å². The molecule has 1 aromatic carbocycles. The van der Waals surface area contributed by atoms with Gasteiger partial charge in [0, 0.05) is 6.54 Å². The molecule has 3 N–H and O–H groups in total. The van der Waals surface area contributed by atoms with Gasteiger partial charge in [0.05, 0.1) is 17.3 Å². The lowest BCUT2D eigenvalue weighted by atomic mass is 10.2. The van der Waals surface area contributed by atoms with Crippen LogP contribution in [0.1, 0.15) is 49.7 Å². The van der Waals surface area contributed by atoms with Gasteiger partial charge in [-0.3, -0.25) is 4.79 Å². The lowest BCUT2D eigenvalue weighted by molar-refractivity contribution is 0.0949. The van der Waals surface area contributed by atoms with Gasteiger partial charge in [-0.05, 0) is 51.0 Å². The van der Waals surface area contributed by atoms with Gasteiger partial charge in [0.2, 0.25) is 0 Å². The molecule has 0 aliphatic heterocycles. The van der Waals surface area contributed by atoms with E-state index >= 15 is 0 Å². The molecule has 0 fully saturated rings. The van der Waals surface area contributed by atoms with E-state index < -0.39 is 0 Å². The number of H-pyrrole nitrogens is 1. The van der Waals surface area contributed by atoms with Gasteiger partial charge >= 0.3 is 0 Å². The molecule has 7 nitrogen and oxygen atoms in total. The van der Waals surface area contributed by atoms with Crippen molar-refractivity contribution in [1.82, 2.24) is 20.3 Å². The second kappa shape index (κ2) is 8.73. The Morgan fingerprint density at radius 3 is 2.82 bits per heavy atom. The number of aromatic amines is 1. The Kier molecular flexibility index (Phi) is 6.13. The fourth-order valence-corrected chi connectivity index (χ4v) is 2.84. The second-order valence-corrected chi connectivity index (χ2v) is 7.07. The maximum absolute atomic E-state index is 12.3. The van der Waals surface area contributed by atoms with E-state index in [0.717, 1.165) is 29.8 Å². The quantitative estimate of drug-likeness (QED) is 0.505. The Bertz CT molecular complexity index is 965. The van der Waals surface area contributed by atoms with Crippen molar-refractivity contribution in [2.75, 3.05) is 11.9 Å². The number of unbranched alkanes of at least 4 members (excludes halogenated alkanes) is 1. The van der Waals surface area contributed by atoms with Crippen LogP contribution < -0.4 is 15.4 Å².